The summed E-state index contributed by atoms with van der Waals surface area (Å²) < 4.78 is 5.41. The summed E-state index contributed by atoms with van der Waals surface area (Å²) >= 11 is 7.71. The second kappa shape index (κ2) is 7.49. The summed E-state index contributed by atoms with van der Waals surface area (Å²) in [6.07, 6.45) is 6.54. The number of esters is 1. The maximum atomic E-state index is 11.6. The summed E-state index contributed by atoms with van der Waals surface area (Å²) in [4.78, 5) is 24.8. The van der Waals surface area contributed by atoms with Gasteiger partial charge in [0, 0.05) is 30.1 Å². The van der Waals surface area contributed by atoms with Crippen LogP contribution >= 0.6 is 23.4 Å². The lowest BCUT2D eigenvalue weighted by Gasteiger charge is -2.10. The summed E-state index contributed by atoms with van der Waals surface area (Å²) in [6.45, 7) is 3.75. The van der Waals surface area contributed by atoms with Crippen LogP contribution in [-0.4, -0.2) is 20.9 Å². The molecule has 126 valence electrons. The van der Waals surface area contributed by atoms with Crippen LogP contribution < -0.4 is 4.74 Å². The number of aryl methyl sites for hydroxylation is 2. The standard InChI is InChI=1S/C17H18ClN3O2S/c1-3-15(22)23-16-11-5-4-6-14(11)20-17(21-16)24-9-12-10(2)7-19-8-13(12)18/h7-8H,3-6,9H2,1-2H3. The number of ether oxygens (including phenoxy) is 1. The maximum Gasteiger partial charge on any atom is 0.312 e. The molecule has 0 N–H and O–H groups in total. The zero-order chi connectivity index (χ0) is 17.1. The summed E-state index contributed by atoms with van der Waals surface area (Å²) in [5, 5.41) is 1.25. The van der Waals surface area contributed by atoms with Crippen LogP contribution in [0.5, 0.6) is 5.88 Å². The predicted molar refractivity (Wildman–Crippen MR) is 93.5 cm³/mol. The van der Waals surface area contributed by atoms with Crippen molar-refractivity contribution < 1.29 is 9.53 Å². The first kappa shape index (κ1) is 17.2. The van der Waals surface area contributed by atoms with E-state index in [4.69, 9.17) is 16.3 Å². The van der Waals surface area contributed by atoms with E-state index >= 15 is 0 Å². The van der Waals surface area contributed by atoms with Gasteiger partial charge in [-0.25, -0.2) is 4.98 Å². The number of hydrogen-bond acceptors (Lipinski definition) is 6. The Kier molecular flexibility index (Phi) is 5.36. The first-order valence-electron chi connectivity index (χ1n) is 7.90. The van der Waals surface area contributed by atoms with Crippen LogP contribution in [-0.2, 0) is 23.4 Å². The van der Waals surface area contributed by atoms with Gasteiger partial charge in [-0.05, 0) is 37.3 Å². The molecule has 0 aromatic carbocycles. The Morgan fingerprint density at radius 2 is 2.17 bits per heavy atom. The molecule has 7 heteroatoms. The molecule has 0 spiro atoms. The number of carbonyl (C=O) groups is 1. The van der Waals surface area contributed by atoms with E-state index in [-0.39, 0.29) is 5.97 Å². The predicted octanol–water partition coefficient (Wildman–Crippen LogP) is 3.93. The summed E-state index contributed by atoms with van der Waals surface area (Å²) in [7, 11) is 0. The lowest BCUT2D eigenvalue weighted by atomic mass is 10.2. The van der Waals surface area contributed by atoms with Crippen molar-refractivity contribution in [1.29, 1.82) is 0 Å². The van der Waals surface area contributed by atoms with Gasteiger partial charge in [0.05, 0.1) is 10.7 Å². The zero-order valence-electron chi connectivity index (χ0n) is 13.6. The van der Waals surface area contributed by atoms with Gasteiger partial charge in [-0.15, -0.1) is 0 Å². The fraction of sp³-hybridized carbons (Fsp3) is 0.412. The molecule has 0 unspecified atom stereocenters. The normalized spacial score (nSPS) is 13.0. The molecule has 0 bridgehead atoms. The number of nitrogens with zero attached hydrogens (tertiary/aromatic N) is 3. The Morgan fingerprint density at radius 3 is 2.92 bits per heavy atom. The third-order valence-corrected chi connectivity index (χ3v) is 5.14. The molecule has 5 nitrogen and oxygen atoms in total. The Labute approximate surface area is 150 Å². The van der Waals surface area contributed by atoms with Gasteiger partial charge < -0.3 is 4.74 Å². The van der Waals surface area contributed by atoms with Gasteiger partial charge in [0.2, 0.25) is 5.88 Å². The highest BCUT2D eigenvalue weighted by molar-refractivity contribution is 7.98. The van der Waals surface area contributed by atoms with E-state index < -0.39 is 0 Å². The van der Waals surface area contributed by atoms with Crippen molar-refractivity contribution in [2.45, 2.75) is 50.4 Å². The maximum absolute atomic E-state index is 11.6. The highest BCUT2D eigenvalue weighted by Gasteiger charge is 2.22. The third kappa shape index (κ3) is 3.70. The molecule has 2 aromatic rings. The van der Waals surface area contributed by atoms with Crippen LogP contribution in [0.2, 0.25) is 5.02 Å². The average Bonchev–Trinajstić information content (AvgIpc) is 3.03. The molecule has 0 saturated carbocycles. The Hall–Kier alpha value is -1.66. The minimum absolute atomic E-state index is 0.272. The number of hydrogen-bond donors (Lipinski definition) is 0. The van der Waals surface area contributed by atoms with Crippen LogP contribution in [0.3, 0.4) is 0 Å². The van der Waals surface area contributed by atoms with Gasteiger partial charge >= 0.3 is 5.97 Å². The van der Waals surface area contributed by atoms with E-state index in [1.54, 1.807) is 19.3 Å². The van der Waals surface area contributed by atoms with E-state index in [2.05, 4.69) is 15.0 Å². The number of carbonyl (C=O) groups excluding carboxylic acids is 1. The number of pyridine rings is 1. The van der Waals surface area contributed by atoms with Crippen molar-refractivity contribution in [1.82, 2.24) is 15.0 Å². The smallest absolute Gasteiger partial charge is 0.312 e. The molecule has 0 atom stereocenters. The Balaban J connectivity index is 1.83. The number of aromatic nitrogens is 3. The largest absolute Gasteiger partial charge is 0.407 e. The number of thioether (sulfide) groups is 1. The molecule has 1 aliphatic rings. The molecular formula is C17H18ClN3O2S. The van der Waals surface area contributed by atoms with Crippen LogP contribution in [0.25, 0.3) is 0 Å². The van der Waals surface area contributed by atoms with Crippen molar-refractivity contribution in [2.24, 2.45) is 0 Å². The minimum atomic E-state index is -0.272. The molecule has 24 heavy (non-hydrogen) atoms. The van der Waals surface area contributed by atoms with Crippen LogP contribution in [0.4, 0.5) is 0 Å². The van der Waals surface area contributed by atoms with Crippen molar-refractivity contribution >= 4 is 29.3 Å². The second-order valence-electron chi connectivity index (χ2n) is 5.62. The lowest BCUT2D eigenvalue weighted by Crippen LogP contribution is -2.10. The van der Waals surface area contributed by atoms with E-state index in [0.717, 1.165) is 41.6 Å². The van der Waals surface area contributed by atoms with Gasteiger partial charge in [-0.2, -0.15) is 4.98 Å². The number of fused-ring (bicyclic) bond motifs is 1. The fourth-order valence-electron chi connectivity index (χ4n) is 2.58. The highest BCUT2D eigenvalue weighted by Crippen LogP contribution is 2.32. The van der Waals surface area contributed by atoms with Gasteiger partial charge in [0.1, 0.15) is 0 Å². The van der Waals surface area contributed by atoms with Crippen LogP contribution in [0.1, 0.15) is 42.1 Å². The molecular weight excluding hydrogens is 346 g/mol. The van der Waals surface area contributed by atoms with Gasteiger partial charge in [0.15, 0.2) is 5.16 Å². The highest BCUT2D eigenvalue weighted by atomic mass is 35.5. The summed E-state index contributed by atoms with van der Waals surface area (Å²) in [5.41, 5.74) is 4.02. The fourth-order valence-corrected chi connectivity index (χ4v) is 3.91. The second-order valence-corrected chi connectivity index (χ2v) is 6.97. The topological polar surface area (TPSA) is 65.0 Å². The molecule has 0 radical (unpaired) electrons. The molecule has 0 aliphatic heterocycles. The average molecular weight is 364 g/mol. The van der Waals surface area contributed by atoms with Crippen molar-refractivity contribution in [2.75, 3.05) is 0 Å². The number of halogens is 1. The first-order valence-corrected chi connectivity index (χ1v) is 9.27. The van der Waals surface area contributed by atoms with E-state index in [9.17, 15) is 4.79 Å². The van der Waals surface area contributed by atoms with Crippen molar-refractivity contribution in [3.8, 4) is 5.88 Å². The van der Waals surface area contributed by atoms with Crippen molar-refractivity contribution in [3.63, 3.8) is 0 Å². The molecule has 3 rings (SSSR count). The third-order valence-electron chi connectivity index (χ3n) is 3.94. The van der Waals surface area contributed by atoms with Crippen LogP contribution in [0, 0.1) is 6.92 Å². The van der Waals surface area contributed by atoms with Gasteiger partial charge in [-0.3, -0.25) is 9.78 Å². The first-order chi connectivity index (χ1) is 11.6. The quantitative estimate of drug-likeness (QED) is 0.455. The SMILES string of the molecule is CCC(=O)Oc1nc(SCc2c(C)cncc2Cl)nc2c1CCC2. The lowest BCUT2D eigenvalue weighted by molar-refractivity contribution is -0.134. The van der Waals surface area contributed by atoms with Gasteiger partial charge in [0.25, 0.3) is 0 Å². The Bertz CT molecular complexity index is 762. The van der Waals surface area contributed by atoms with E-state index in [1.807, 2.05) is 6.92 Å². The molecule has 0 amide bonds. The summed E-state index contributed by atoms with van der Waals surface area (Å²) in [6, 6.07) is 0. The van der Waals surface area contributed by atoms with Crippen molar-refractivity contribution in [3.05, 3.63) is 39.8 Å². The molecule has 1 aliphatic carbocycles. The van der Waals surface area contributed by atoms with E-state index in [1.165, 1.54) is 11.8 Å². The van der Waals surface area contributed by atoms with E-state index in [0.29, 0.717) is 28.2 Å². The zero-order valence-corrected chi connectivity index (χ0v) is 15.2. The molecule has 0 fully saturated rings. The van der Waals surface area contributed by atoms with Crippen LogP contribution in [0.15, 0.2) is 17.6 Å². The minimum Gasteiger partial charge on any atom is -0.407 e. The monoisotopic (exact) mass is 363 g/mol. The molecule has 2 aromatic heterocycles. The Morgan fingerprint density at radius 1 is 1.33 bits per heavy atom. The number of rotatable bonds is 5. The molecule has 2 heterocycles. The molecule has 0 saturated heterocycles. The van der Waals surface area contributed by atoms with Gasteiger partial charge in [-0.1, -0.05) is 30.3 Å². The summed E-state index contributed by atoms with van der Waals surface area (Å²) in [5.74, 6) is 0.795.